The van der Waals surface area contributed by atoms with Crippen LogP contribution in [0.5, 0.6) is 0 Å². The highest BCUT2D eigenvalue weighted by atomic mass is 32.1. The average molecular weight is 329 g/mol. The van der Waals surface area contributed by atoms with E-state index in [2.05, 4.69) is 19.9 Å². The number of nitrogens with zero attached hydrogens (tertiary/aromatic N) is 5. The van der Waals surface area contributed by atoms with Gasteiger partial charge in [0.25, 0.3) is 0 Å². The second kappa shape index (κ2) is 6.05. The van der Waals surface area contributed by atoms with E-state index in [4.69, 9.17) is 9.15 Å². The first-order valence-corrected chi connectivity index (χ1v) is 8.14. The van der Waals surface area contributed by atoms with E-state index < -0.39 is 0 Å². The lowest BCUT2D eigenvalue weighted by Gasteiger charge is -2.13. The van der Waals surface area contributed by atoms with Crippen LogP contribution < -0.4 is 4.90 Å². The van der Waals surface area contributed by atoms with Gasteiger partial charge in [-0.25, -0.2) is 19.9 Å². The molecule has 0 N–H and O–H groups in total. The Hall–Kier alpha value is -2.32. The molecule has 0 unspecified atom stereocenters. The molecular weight excluding hydrogens is 314 g/mol. The summed E-state index contributed by atoms with van der Waals surface area (Å²) in [5.41, 5.74) is 1.87. The van der Waals surface area contributed by atoms with Gasteiger partial charge in [-0.05, 0) is 13.0 Å². The van der Waals surface area contributed by atoms with Crippen molar-refractivity contribution in [3.05, 3.63) is 51.9 Å². The Kier molecular flexibility index (Phi) is 3.76. The Morgan fingerprint density at radius 2 is 2.09 bits per heavy atom. The van der Waals surface area contributed by atoms with Crippen LogP contribution in [0.15, 0.2) is 28.3 Å². The summed E-state index contributed by atoms with van der Waals surface area (Å²) in [6.07, 6.45) is 3.46. The summed E-state index contributed by atoms with van der Waals surface area (Å²) in [5.74, 6) is 2.16. The molecule has 0 atom stereocenters. The van der Waals surface area contributed by atoms with Gasteiger partial charge in [0.15, 0.2) is 0 Å². The van der Waals surface area contributed by atoms with Gasteiger partial charge in [-0.2, -0.15) is 0 Å². The Bertz CT molecular complexity index is 778. The average Bonchev–Trinajstić information content (AvgIpc) is 3.23. The predicted molar refractivity (Wildman–Crippen MR) is 83.8 cm³/mol. The Labute approximate surface area is 137 Å². The zero-order chi connectivity index (χ0) is 15.6. The van der Waals surface area contributed by atoms with Crippen LogP contribution in [0.1, 0.15) is 28.0 Å². The molecule has 1 aliphatic heterocycles. The van der Waals surface area contributed by atoms with Crippen molar-refractivity contribution in [1.29, 1.82) is 0 Å². The summed E-state index contributed by atoms with van der Waals surface area (Å²) < 4.78 is 11.4. The van der Waals surface area contributed by atoms with Gasteiger partial charge in [0.05, 0.1) is 30.4 Å². The van der Waals surface area contributed by atoms with Crippen LogP contribution in [0.25, 0.3) is 0 Å². The fourth-order valence-electron chi connectivity index (χ4n) is 2.47. The lowest BCUT2D eigenvalue weighted by Crippen LogP contribution is -2.17. The number of rotatable bonds is 5. The van der Waals surface area contributed by atoms with Crippen LogP contribution in [-0.2, 0) is 31.0 Å². The van der Waals surface area contributed by atoms with Crippen LogP contribution in [0, 0.1) is 6.92 Å². The summed E-state index contributed by atoms with van der Waals surface area (Å²) in [4.78, 5) is 19.4. The maximum Gasteiger partial charge on any atom is 0.226 e. The lowest BCUT2D eigenvalue weighted by atomic mass is 10.4. The highest BCUT2D eigenvalue weighted by Crippen LogP contribution is 2.26. The fraction of sp³-hybridized carbons (Fsp3) is 0.333. The minimum Gasteiger partial charge on any atom is -0.441 e. The quantitative estimate of drug-likeness (QED) is 0.711. The third-order valence-corrected chi connectivity index (χ3v) is 4.30. The van der Waals surface area contributed by atoms with Crippen LogP contribution in [0.4, 0.5) is 5.95 Å². The highest BCUT2D eigenvalue weighted by molar-refractivity contribution is 7.09. The molecule has 0 saturated carbocycles. The summed E-state index contributed by atoms with van der Waals surface area (Å²) in [6.45, 7) is 4.10. The lowest BCUT2D eigenvalue weighted by molar-refractivity contribution is 0.0866. The van der Waals surface area contributed by atoms with Crippen molar-refractivity contribution < 1.29 is 9.15 Å². The van der Waals surface area contributed by atoms with Gasteiger partial charge in [0, 0.05) is 17.8 Å². The molecule has 0 aromatic carbocycles. The molecular formula is C15H15N5O2S. The highest BCUT2D eigenvalue weighted by Gasteiger charge is 2.26. The van der Waals surface area contributed by atoms with Crippen LogP contribution >= 0.6 is 11.3 Å². The van der Waals surface area contributed by atoms with Crippen molar-refractivity contribution in [2.75, 3.05) is 4.90 Å². The van der Waals surface area contributed by atoms with E-state index in [0.29, 0.717) is 38.1 Å². The zero-order valence-electron chi connectivity index (χ0n) is 12.6. The second-order valence-corrected chi connectivity index (χ2v) is 6.30. The number of fused-ring (bicyclic) bond motifs is 1. The molecule has 118 valence electrons. The first-order valence-electron chi connectivity index (χ1n) is 7.26. The first kappa shape index (κ1) is 14.3. The molecule has 3 aromatic heterocycles. The molecule has 0 spiro atoms. The van der Waals surface area contributed by atoms with Crippen LogP contribution in [0.3, 0.4) is 0 Å². The van der Waals surface area contributed by atoms with Gasteiger partial charge in [-0.3, -0.25) is 0 Å². The Morgan fingerprint density at radius 3 is 2.83 bits per heavy atom. The van der Waals surface area contributed by atoms with Crippen molar-refractivity contribution in [3.63, 3.8) is 0 Å². The molecule has 0 amide bonds. The van der Waals surface area contributed by atoms with Gasteiger partial charge in [0.1, 0.15) is 18.1 Å². The number of hydrogen-bond acceptors (Lipinski definition) is 8. The minimum atomic E-state index is 0.353. The van der Waals surface area contributed by atoms with Crippen molar-refractivity contribution >= 4 is 17.3 Å². The van der Waals surface area contributed by atoms with E-state index in [1.165, 1.54) is 0 Å². The van der Waals surface area contributed by atoms with Crippen molar-refractivity contribution in [2.45, 2.75) is 33.2 Å². The number of hydrogen-bond donors (Lipinski definition) is 0. The van der Waals surface area contributed by atoms with Crippen LogP contribution in [0.2, 0.25) is 0 Å². The third kappa shape index (κ3) is 3.08. The monoisotopic (exact) mass is 329 g/mol. The minimum absolute atomic E-state index is 0.353. The molecule has 0 bridgehead atoms. The Balaban J connectivity index is 1.34. The van der Waals surface area contributed by atoms with E-state index in [-0.39, 0.29) is 0 Å². The molecule has 7 nitrogen and oxygen atoms in total. The first-order chi connectivity index (χ1) is 11.3. The van der Waals surface area contributed by atoms with E-state index in [1.807, 2.05) is 17.2 Å². The van der Waals surface area contributed by atoms with Gasteiger partial charge >= 0.3 is 0 Å². The van der Waals surface area contributed by atoms with Gasteiger partial charge in [-0.1, -0.05) is 0 Å². The fourth-order valence-corrected chi connectivity index (χ4v) is 3.07. The number of aromatic nitrogens is 4. The van der Waals surface area contributed by atoms with E-state index in [0.717, 1.165) is 22.2 Å². The molecule has 0 radical (unpaired) electrons. The van der Waals surface area contributed by atoms with E-state index in [9.17, 15) is 0 Å². The van der Waals surface area contributed by atoms with E-state index >= 15 is 0 Å². The summed E-state index contributed by atoms with van der Waals surface area (Å²) >= 11 is 1.62. The van der Waals surface area contributed by atoms with Gasteiger partial charge in [0.2, 0.25) is 11.8 Å². The van der Waals surface area contributed by atoms with Crippen molar-refractivity contribution in [1.82, 2.24) is 19.9 Å². The normalized spacial score (nSPS) is 13.5. The van der Waals surface area contributed by atoms with E-state index in [1.54, 1.807) is 29.8 Å². The smallest absolute Gasteiger partial charge is 0.226 e. The number of ether oxygens (including phenoxy) is 1. The summed E-state index contributed by atoms with van der Waals surface area (Å²) in [5, 5.41) is 3.05. The van der Waals surface area contributed by atoms with Crippen molar-refractivity contribution in [2.24, 2.45) is 0 Å². The molecule has 0 aliphatic carbocycles. The second-order valence-electron chi connectivity index (χ2n) is 5.23. The summed E-state index contributed by atoms with van der Waals surface area (Å²) in [6, 6.07) is 1.80. The number of oxazole rings is 1. The number of anilines is 1. The Morgan fingerprint density at radius 1 is 1.22 bits per heavy atom. The maximum absolute atomic E-state index is 5.77. The maximum atomic E-state index is 5.77. The SMILES string of the molecule is Cc1nc(COCc2nc3c(o2)CN(c2ncccn2)C3)cs1. The molecule has 0 fully saturated rings. The summed E-state index contributed by atoms with van der Waals surface area (Å²) in [7, 11) is 0. The predicted octanol–water partition coefficient (Wildman–Crippen LogP) is 2.47. The molecule has 0 saturated heterocycles. The molecule has 4 heterocycles. The van der Waals surface area contributed by atoms with Crippen LogP contribution in [-0.4, -0.2) is 19.9 Å². The number of thiazole rings is 1. The molecule has 8 heteroatoms. The van der Waals surface area contributed by atoms with Gasteiger partial charge < -0.3 is 14.1 Å². The molecule has 23 heavy (non-hydrogen) atoms. The topological polar surface area (TPSA) is 77.2 Å². The van der Waals surface area contributed by atoms with Crippen molar-refractivity contribution in [3.8, 4) is 0 Å². The third-order valence-electron chi connectivity index (χ3n) is 3.47. The van der Waals surface area contributed by atoms with Gasteiger partial charge in [-0.15, -0.1) is 11.3 Å². The zero-order valence-corrected chi connectivity index (χ0v) is 13.4. The number of aryl methyl sites for hydroxylation is 1. The molecule has 1 aliphatic rings. The standard InChI is InChI=1S/C15H15N5O2S/c1-10-18-11(9-23-10)7-21-8-14-19-12-5-20(6-13(12)22-14)15-16-3-2-4-17-15/h2-4,9H,5-8H2,1H3. The molecule has 4 rings (SSSR count). The molecule has 3 aromatic rings. The largest absolute Gasteiger partial charge is 0.441 e.